The number of alkyl halides is 3. The van der Waals surface area contributed by atoms with E-state index in [1.165, 1.54) is 0 Å². The molecule has 72 valence electrons. The van der Waals surface area contributed by atoms with Crippen molar-refractivity contribution >= 4 is 15.9 Å². The molecule has 1 heterocycles. The molecule has 13 heavy (non-hydrogen) atoms. The van der Waals surface area contributed by atoms with Crippen molar-refractivity contribution in [2.24, 2.45) is 0 Å². The van der Waals surface area contributed by atoms with Crippen LogP contribution in [0.2, 0.25) is 0 Å². The van der Waals surface area contributed by atoms with Gasteiger partial charge in [0.15, 0.2) is 0 Å². The Morgan fingerprint density at radius 1 is 1.38 bits per heavy atom. The molecule has 2 N–H and O–H groups in total. The fraction of sp³-hybridized carbons (Fsp3) is 0.286. The maximum atomic E-state index is 12.2. The Morgan fingerprint density at radius 2 is 2.00 bits per heavy atom. The zero-order valence-corrected chi connectivity index (χ0v) is 7.92. The first kappa shape index (κ1) is 10.2. The van der Waals surface area contributed by atoms with E-state index < -0.39 is 17.9 Å². The second kappa shape index (κ2) is 3.87. The van der Waals surface area contributed by atoms with E-state index in [-0.39, 0.29) is 16.8 Å². The summed E-state index contributed by atoms with van der Waals surface area (Å²) in [4.78, 5) is 3.39. The van der Waals surface area contributed by atoms with E-state index >= 15 is 0 Å². The lowest BCUT2D eigenvalue weighted by atomic mass is 10.2. The van der Waals surface area contributed by atoms with Gasteiger partial charge < -0.3 is 10.2 Å². The molecule has 0 bridgehead atoms. The summed E-state index contributed by atoms with van der Waals surface area (Å²) in [6.07, 6.45) is -2.85. The number of hydrogen-bond acceptors (Lipinski definition) is 3. The summed E-state index contributed by atoms with van der Waals surface area (Å²) in [5.74, 6) is -1.00. The third-order valence-electron chi connectivity index (χ3n) is 1.42. The zero-order valence-electron chi connectivity index (χ0n) is 6.34. The molecule has 0 aliphatic heterocycles. The van der Waals surface area contributed by atoms with Crippen LogP contribution in [-0.4, -0.2) is 15.2 Å². The molecule has 0 aliphatic rings. The number of aromatic nitrogens is 1. The predicted octanol–water partition coefficient (Wildman–Crippen LogP) is 2.33. The molecular formula is C7H6BrF2NO2. The quantitative estimate of drug-likeness (QED) is 0.796. The highest BCUT2D eigenvalue weighted by Gasteiger charge is 2.17. The fourth-order valence-corrected chi connectivity index (χ4v) is 1.22. The first-order valence-corrected chi connectivity index (χ1v) is 4.44. The van der Waals surface area contributed by atoms with Crippen molar-refractivity contribution in [2.45, 2.75) is 11.8 Å². The highest BCUT2D eigenvalue weighted by atomic mass is 79.9. The van der Waals surface area contributed by atoms with E-state index in [1.807, 2.05) is 0 Å². The van der Waals surface area contributed by atoms with Crippen molar-refractivity contribution in [3.63, 3.8) is 0 Å². The van der Waals surface area contributed by atoms with Crippen molar-refractivity contribution in [2.75, 3.05) is 0 Å². The van der Waals surface area contributed by atoms with Crippen LogP contribution in [0.1, 0.15) is 17.8 Å². The third-order valence-corrected chi connectivity index (χ3v) is 1.95. The number of hydrogen-bond donors (Lipinski definition) is 2. The summed E-state index contributed by atoms with van der Waals surface area (Å²) < 4.78 is 24.3. The average Bonchev–Trinajstić information content (AvgIpc) is 2.03. The van der Waals surface area contributed by atoms with Gasteiger partial charge in [-0.2, -0.15) is 0 Å². The molecule has 0 aromatic carbocycles. The lowest BCUT2D eigenvalue weighted by Gasteiger charge is -2.05. The van der Waals surface area contributed by atoms with E-state index in [0.717, 1.165) is 6.07 Å². The van der Waals surface area contributed by atoms with Crippen LogP contribution in [-0.2, 0) is 5.33 Å². The maximum absolute atomic E-state index is 12.2. The van der Waals surface area contributed by atoms with Gasteiger partial charge in [-0.15, -0.1) is 0 Å². The van der Waals surface area contributed by atoms with Crippen LogP contribution < -0.4 is 0 Å². The minimum absolute atomic E-state index is 0.0769. The molecule has 0 amide bonds. The van der Waals surface area contributed by atoms with Crippen LogP contribution >= 0.6 is 15.9 Å². The van der Waals surface area contributed by atoms with Crippen molar-refractivity contribution in [1.82, 2.24) is 4.98 Å². The molecule has 0 saturated carbocycles. The SMILES string of the molecule is Oc1cc(O)c(C(F)F)nc1CBr. The number of aromatic hydroxyl groups is 2. The number of nitrogens with zero attached hydrogens (tertiary/aromatic N) is 1. The van der Waals surface area contributed by atoms with Gasteiger partial charge in [-0.3, -0.25) is 0 Å². The highest BCUT2D eigenvalue weighted by Crippen LogP contribution is 2.31. The summed E-state index contributed by atoms with van der Waals surface area (Å²) in [5, 5.41) is 18.2. The normalized spacial score (nSPS) is 10.8. The molecule has 1 aromatic rings. The molecule has 0 atom stereocenters. The van der Waals surface area contributed by atoms with Crippen molar-refractivity contribution in [1.29, 1.82) is 0 Å². The third kappa shape index (κ3) is 2.06. The molecule has 1 rings (SSSR count). The summed E-state index contributed by atoms with van der Waals surface area (Å²) in [7, 11) is 0. The van der Waals surface area contributed by atoms with Crippen LogP contribution in [0.5, 0.6) is 11.5 Å². The molecule has 0 aliphatic carbocycles. The molecule has 0 radical (unpaired) electrons. The van der Waals surface area contributed by atoms with E-state index in [1.54, 1.807) is 0 Å². The van der Waals surface area contributed by atoms with Crippen LogP contribution in [0, 0.1) is 0 Å². The molecule has 6 heteroatoms. The Balaban J connectivity index is 3.22. The largest absolute Gasteiger partial charge is 0.506 e. The average molecular weight is 254 g/mol. The highest BCUT2D eigenvalue weighted by molar-refractivity contribution is 9.08. The first-order chi connectivity index (χ1) is 6.06. The minimum Gasteiger partial charge on any atom is -0.506 e. The van der Waals surface area contributed by atoms with Crippen LogP contribution in [0.3, 0.4) is 0 Å². The second-order valence-electron chi connectivity index (χ2n) is 2.29. The smallest absolute Gasteiger partial charge is 0.284 e. The summed E-state index contributed by atoms with van der Waals surface area (Å²) in [5.41, 5.74) is -0.639. The van der Waals surface area contributed by atoms with Gasteiger partial charge in [0.1, 0.15) is 17.2 Å². The zero-order chi connectivity index (χ0) is 10.0. The molecule has 3 nitrogen and oxygen atoms in total. The molecule has 1 aromatic heterocycles. The Labute approximate surface area is 81.2 Å². The summed E-state index contributed by atoms with van der Waals surface area (Å²) in [6, 6.07) is 0.852. The Bertz CT molecular complexity index is 320. The van der Waals surface area contributed by atoms with E-state index in [0.29, 0.717) is 0 Å². The lowest BCUT2D eigenvalue weighted by molar-refractivity contribution is 0.141. The topological polar surface area (TPSA) is 53.4 Å². The monoisotopic (exact) mass is 253 g/mol. The number of halogens is 3. The van der Waals surface area contributed by atoms with E-state index in [2.05, 4.69) is 20.9 Å². The number of pyridine rings is 1. The van der Waals surface area contributed by atoms with Crippen LogP contribution in [0.4, 0.5) is 8.78 Å². The Morgan fingerprint density at radius 3 is 2.46 bits per heavy atom. The summed E-state index contributed by atoms with van der Waals surface area (Å²) in [6.45, 7) is 0. The summed E-state index contributed by atoms with van der Waals surface area (Å²) >= 11 is 2.97. The molecule has 0 fully saturated rings. The Hall–Kier alpha value is -0.910. The van der Waals surface area contributed by atoms with Gasteiger partial charge >= 0.3 is 0 Å². The van der Waals surface area contributed by atoms with Gasteiger partial charge in [0, 0.05) is 11.4 Å². The van der Waals surface area contributed by atoms with Crippen LogP contribution in [0.25, 0.3) is 0 Å². The van der Waals surface area contributed by atoms with Gasteiger partial charge in [-0.05, 0) is 0 Å². The molecular weight excluding hydrogens is 248 g/mol. The molecule has 0 unspecified atom stereocenters. The van der Waals surface area contributed by atoms with E-state index in [9.17, 15) is 8.78 Å². The molecule has 0 saturated heterocycles. The van der Waals surface area contributed by atoms with Crippen LogP contribution in [0.15, 0.2) is 6.07 Å². The van der Waals surface area contributed by atoms with E-state index in [4.69, 9.17) is 10.2 Å². The number of rotatable bonds is 2. The second-order valence-corrected chi connectivity index (χ2v) is 2.85. The Kier molecular flexibility index (Phi) is 3.02. The first-order valence-electron chi connectivity index (χ1n) is 3.32. The van der Waals surface area contributed by atoms with Gasteiger partial charge in [0.25, 0.3) is 6.43 Å². The fourth-order valence-electron chi connectivity index (χ4n) is 0.806. The van der Waals surface area contributed by atoms with Gasteiger partial charge in [-0.25, -0.2) is 13.8 Å². The van der Waals surface area contributed by atoms with Gasteiger partial charge in [-0.1, -0.05) is 15.9 Å². The minimum atomic E-state index is -2.85. The van der Waals surface area contributed by atoms with Crippen molar-refractivity contribution < 1.29 is 19.0 Å². The van der Waals surface area contributed by atoms with Crippen molar-refractivity contribution in [3.05, 3.63) is 17.5 Å². The predicted molar refractivity (Wildman–Crippen MR) is 45.2 cm³/mol. The van der Waals surface area contributed by atoms with Gasteiger partial charge in [0.05, 0.1) is 5.69 Å². The maximum Gasteiger partial charge on any atom is 0.284 e. The molecule has 0 spiro atoms. The lowest BCUT2D eigenvalue weighted by Crippen LogP contribution is -1.95. The standard InChI is InChI=1S/C7H6BrF2NO2/c8-2-3-4(12)1-5(13)6(11-3)7(9)10/h1,7,12-13H,2H2. The van der Waals surface area contributed by atoms with Crippen molar-refractivity contribution in [3.8, 4) is 11.5 Å². The van der Waals surface area contributed by atoms with Gasteiger partial charge in [0.2, 0.25) is 0 Å².